The SMILES string of the molecule is CC1=Cc2c(ccc(C)c2-c2ccccc2)[CH]1[Zr]([CH3])([CH3])(=[SiH2])[CH]1C(C)=Cc2c1ccc(C)c2-c1ccccc1.Cl.Cl. The van der Waals surface area contributed by atoms with Gasteiger partial charge in [-0.05, 0) is 0 Å². The zero-order valence-electron chi connectivity index (χ0n) is 24.4. The van der Waals surface area contributed by atoms with Gasteiger partial charge in [-0.15, -0.1) is 24.8 Å². The molecule has 4 aromatic carbocycles. The van der Waals surface area contributed by atoms with Crippen molar-refractivity contribution in [3.05, 3.63) is 129 Å². The number of rotatable bonds is 4. The van der Waals surface area contributed by atoms with Gasteiger partial charge in [0.2, 0.25) is 0 Å². The molecule has 2 aliphatic rings. The van der Waals surface area contributed by atoms with Gasteiger partial charge in [0, 0.05) is 0 Å². The van der Waals surface area contributed by atoms with E-state index in [1.807, 2.05) is 0 Å². The van der Waals surface area contributed by atoms with E-state index in [1.54, 1.807) is 22.3 Å². The number of benzene rings is 4. The van der Waals surface area contributed by atoms with Crippen molar-refractivity contribution >= 4 is 43.8 Å². The first-order valence-corrected chi connectivity index (χ1v) is 27.6. The van der Waals surface area contributed by atoms with Crippen LogP contribution in [0.3, 0.4) is 0 Å². The third kappa shape index (κ3) is 4.80. The Morgan fingerprint density at radius 3 is 1.23 bits per heavy atom. The molecule has 2 aliphatic carbocycles. The standard InChI is InChI=1S/2C17H15.2CH3.2ClH.H2Si.Zr/c2*1-12-10-15-9-8-13(2)17(16(15)11-12)14-6-4-3-5-7-14;;;;;;/h2*3-11H,1-2H3;2*1H3;2*1H;1H2;. The van der Waals surface area contributed by atoms with Crippen molar-refractivity contribution in [3.8, 4) is 22.3 Å². The number of allylic oxidation sites excluding steroid dienone is 2. The van der Waals surface area contributed by atoms with Crippen LogP contribution in [0.5, 0.6) is 0 Å². The molecule has 4 heteroatoms. The molecule has 4 aromatic rings. The fourth-order valence-corrected chi connectivity index (χ4v) is 29.3. The van der Waals surface area contributed by atoms with Crippen molar-refractivity contribution in [3.63, 3.8) is 0 Å². The van der Waals surface area contributed by atoms with Crippen LogP contribution < -0.4 is 0 Å². The molecular formula is C36H40Cl2SiZr. The van der Waals surface area contributed by atoms with Crippen LogP contribution in [0.2, 0.25) is 9.26 Å². The van der Waals surface area contributed by atoms with Gasteiger partial charge in [-0.25, -0.2) is 0 Å². The van der Waals surface area contributed by atoms with Gasteiger partial charge in [0.15, 0.2) is 0 Å². The van der Waals surface area contributed by atoms with Crippen LogP contribution in [0, 0.1) is 13.8 Å². The normalized spacial score (nSPS) is 17.7. The largest absolute Gasteiger partial charge is 0.147 e. The average molecular weight is 663 g/mol. The fourth-order valence-electron chi connectivity index (χ4n) is 8.08. The van der Waals surface area contributed by atoms with Crippen LogP contribution >= 0.6 is 24.8 Å². The molecule has 0 amide bonds. The van der Waals surface area contributed by atoms with Crippen molar-refractivity contribution < 1.29 is 17.4 Å². The number of hydrogen-bond acceptors (Lipinski definition) is 0. The van der Waals surface area contributed by atoms with Gasteiger partial charge in [-0.2, -0.15) is 0 Å². The minimum atomic E-state index is -3.53. The molecule has 0 N–H and O–H groups in total. The molecule has 0 spiro atoms. The van der Waals surface area contributed by atoms with Gasteiger partial charge in [-0.1, -0.05) is 0 Å². The molecule has 0 radical (unpaired) electrons. The molecule has 2 atom stereocenters. The van der Waals surface area contributed by atoms with Crippen molar-refractivity contribution in [2.45, 2.75) is 44.2 Å². The number of hydrogen-bond donors (Lipinski definition) is 0. The van der Waals surface area contributed by atoms with E-state index in [0.717, 1.165) is 0 Å². The molecule has 0 bridgehead atoms. The summed E-state index contributed by atoms with van der Waals surface area (Å²) in [6, 6.07) is 31.6. The quantitative estimate of drug-likeness (QED) is 0.191. The second kappa shape index (κ2) is 11.0. The first-order chi connectivity index (χ1) is 18.1. The van der Waals surface area contributed by atoms with Crippen LogP contribution in [0.4, 0.5) is 0 Å². The summed E-state index contributed by atoms with van der Waals surface area (Å²) in [5.74, 6) is 0. The van der Waals surface area contributed by atoms with Crippen molar-refractivity contribution in [2.75, 3.05) is 0 Å². The van der Waals surface area contributed by atoms with Crippen molar-refractivity contribution in [2.24, 2.45) is 0 Å². The van der Waals surface area contributed by atoms with Gasteiger partial charge >= 0.3 is 232 Å². The molecule has 0 saturated heterocycles. The molecular weight excluding hydrogens is 623 g/mol. The minimum absolute atomic E-state index is 0. The van der Waals surface area contributed by atoms with Crippen LogP contribution in [0.1, 0.15) is 54.5 Å². The van der Waals surface area contributed by atoms with Gasteiger partial charge in [0.25, 0.3) is 0 Å². The summed E-state index contributed by atoms with van der Waals surface area (Å²) in [5, 5.41) is 0. The number of fused-ring (bicyclic) bond motifs is 2. The third-order valence-electron chi connectivity index (χ3n) is 9.27. The second-order valence-corrected chi connectivity index (χ2v) is 43.3. The van der Waals surface area contributed by atoms with Crippen LogP contribution in [0.25, 0.3) is 34.4 Å². The maximum atomic E-state index is 2.73. The zero-order chi connectivity index (χ0) is 26.8. The molecule has 0 fully saturated rings. The van der Waals surface area contributed by atoms with Gasteiger partial charge < -0.3 is 0 Å². The molecule has 6 rings (SSSR count). The summed E-state index contributed by atoms with van der Waals surface area (Å²) in [6.45, 7) is 11.8. The molecule has 0 heterocycles. The molecule has 206 valence electrons. The number of aryl methyl sites for hydroxylation is 2. The van der Waals surface area contributed by atoms with Gasteiger partial charge in [0.1, 0.15) is 0 Å². The summed E-state index contributed by atoms with van der Waals surface area (Å²) in [5.41, 5.74) is 17.4. The Hall–Kier alpha value is -1.96. The molecule has 0 saturated carbocycles. The molecule has 40 heavy (non-hydrogen) atoms. The predicted octanol–water partition coefficient (Wildman–Crippen LogP) is 10.4. The summed E-state index contributed by atoms with van der Waals surface area (Å²) in [4.78, 5) is 0. The Morgan fingerprint density at radius 2 is 0.875 bits per heavy atom. The van der Waals surface area contributed by atoms with Crippen molar-refractivity contribution in [1.82, 2.24) is 0 Å². The van der Waals surface area contributed by atoms with E-state index in [4.69, 9.17) is 0 Å². The summed E-state index contributed by atoms with van der Waals surface area (Å²) in [7, 11) is 0. The Balaban J connectivity index is 0.00000185. The van der Waals surface area contributed by atoms with Gasteiger partial charge in [-0.3, -0.25) is 0 Å². The third-order valence-corrected chi connectivity index (χ3v) is 27.2. The Kier molecular flexibility index (Phi) is 8.55. The monoisotopic (exact) mass is 660 g/mol. The predicted molar refractivity (Wildman–Crippen MR) is 181 cm³/mol. The van der Waals surface area contributed by atoms with E-state index in [2.05, 4.69) is 141 Å². The Labute approximate surface area is 255 Å². The smallest absolute Gasteiger partial charge is 0.147 e. The Bertz CT molecular complexity index is 1600. The van der Waals surface area contributed by atoms with E-state index in [9.17, 15) is 0 Å². The van der Waals surface area contributed by atoms with E-state index in [0.29, 0.717) is 7.25 Å². The van der Waals surface area contributed by atoms with Gasteiger partial charge in [0.05, 0.1) is 0 Å². The fraction of sp³-hybridized carbons (Fsp3) is 0.222. The zero-order valence-corrected chi connectivity index (χ0v) is 29.9. The second-order valence-electron chi connectivity index (χ2n) is 12.8. The van der Waals surface area contributed by atoms with Crippen LogP contribution in [-0.4, -0.2) is 6.88 Å². The minimum Gasteiger partial charge on any atom is -0.147 e. The maximum absolute atomic E-state index is 3.53. The van der Waals surface area contributed by atoms with E-state index < -0.39 is 17.4 Å². The summed E-state index contributed by atoms with van der Waals surface area (Å²) in [6.07, 6.45) is 5.06. The first kappa shape index (κ1) is 31.0. The van der Waals surface area contributed by atoms with Crippen molar-refractivity contribution in [1.29, 1.82) is 0 Å². The number of halogens is 2. The molecule has 0 aliphatic heterocycles. The average Bonchev–Trinajstić information content (AvgIpc) is 3.41. The Morgan fingerprint density at radius 1 is 0.525 bits per heavy atom. The maximum Gasteiger partial charge on any atom is -0.147 e. The van der Waals surface area contributed by atoms with Crippen LogP contribution in [-0.2, 0) is 17.4 Å². The topological polar surface area (TPSA) is 0 Å². The van der Waals surface area contributed by atoms with Crippen LogP contribution in [0.15, 0.2) is 96.1 Å². The van der Waals surface area contributed by atoms with E-state index >= 15 is 0 Å². The molecule has 0 nitrogen and oxygen atoms in total. The molecule has 0 aromatic heterocycles. The molecule has 2 unspecified atom stereocenters. The van der Waals surface area contributed by atoms with E-state index in [1.165, 1.54) is 44.5 Å². The first-order valence-electron chi connectivity index (χ1n) is 13.9. The van der Waals surface area contributed by atoms with E-state index in [-0.39, 0.29) is 24.8 Å². The summed E-state index contributed by atoms with van der Waals surface area (Å²) >= 11 is -3.53. The summed E-state index contributed by atoms with van der Waals surface area (Å²) < 4.78 is 6.54.